The smallest absolute Gasteiger partial charge is 0.260 e. The van der Waals surface area contributed by atoms with Crippen molar-refractivity contribution in [1.29, 1.82) is 0 Å². The molecule has 0 bridgehead atoms. The van der Waals surface area contributed by atoms with Gasteiger partial charge in [-0.15, -0.1) is 0 Å². The molecule has 2 amide bonds. The number of hydrogen-bond acceptors (Lipinski definition) is 7. The third-order valence-corrected chi connectivity index (χ3v) is 7.29. The van der Waals surface area contributed by atoms with Crippen LogP contribution in [0.2, 0.25) is 0 Å². The van der Waals surface area contributed by atoms with E-state index in [0.29, 0.717) is 39.4 Å². The Morgan fingerprint density at radius 2 is 1.50 bits per heavy atom. The fraction of sp³-hybridized carbons (Fsp3) is 0.310. The summed E-state index contributed by atoms with van der Waals surface area (Å²) in [4.78, 5) is 41.7. The Morgan fingerprint density at radius 3 is 2.07 bits per heavy atom. The molecule has 0 radical (unpaired) electrons. The minimum absolute atomic E-state index is 0.101. The highest BCUT2D eigenvalue weighted by Gasteiger charge is 2.62. The number of hydrogen-bond donors (Lipinski definition) is 2. The molecule has 2 N–H and O–H groups in total. The minimum Gasteiger partial charge on any atom is -0.441 e. The van der Waals surface area contributed by atoms with Gasteiger partial charge in [0.25, 0.3) is 11.8 Å². The SMILES string of the molecule is Cc1cnc(NC(=O)C2CC2(F)F)cc1-c1nc(C)c(Cc2cnc(NC(=O)[C@@H]3CC3(F)F)cc2-c2ccccn2)o1. The van der Waals surface area contributed by atoms with Gasteiger partial charge in [-0.25, -0.2) is 32.5 Å². The van der Waals surface area contributed by atoms with Gasteiger partial charge in [-0.1, -0.05) is 6.07 Å². The van der Waals surface area contributed by atoms with Crippen LogP contribution in [0.1, 0.15) is 35.4 Å². The molecule has 13 heteroatoms. The van der Waals surface area contributed by atoms with Crippen LogP contribution in [0.3, 0.4) is 0 Å². The molecular weight excluding hydrogens is 556 g/mol. The van der Waals surface area contributed by atoms with Crippen molar-refractivity contribution in [2.45, 2.75) is 45.0 Å². The maximum absolute atomic E-state index is 13.4. The van der Waals surface area contributed by atoms with Gasteiger partial charge in [0.2, 0.25) is 17.7 Å². The summed E-state index contributed by atoms with van der Waals surface area (Å²) >= 11 is 0. The first-order valence-corrected chi connectivity index (χ1v) is 13.1. The van der Waals surface area contributed by atoms with Crippen LogP contribution in [0.25, 0.3) is 22.7 Å². The summed E-state index contributed by atoms with van der Waals surface area (Å²) in [6, 6.07) is 8.41. The van der Waals surface area contributed by atoms with Crippen molar-refractivity contribution >= 4 is 23.5 Å². The molecular formula is C29H24F4N6O3. The first-order chi connectivity index (χ1) is 19.9. The van der Waals surface area contributed by atoms with E-state index in [-0.39, 0.29) is 23.9 Å². The van der Waals surface area contributed by atoms with E-state index >= 15 is 0 Å². The molecule has 42 heavy (non-hydrogen) atoms. The summed E-state index contributed by atoms with van der Waals surface area (Å²) in [6.45, 7) is 3.53. The Kier molecular flexibility index (Phi) is 6.54. The third kappa shape index (κ3) is 5.46. The molecule has 2 saturated carbocycles. The minimum atomic E-state index is -3.00. The summed E-state index contributed by atoms with van der Waals surface area (Å²) < 4.78 is 59.5. The van der Waals surface area contributed by atoms with Crippen molar-refractivity contribution < 1.29 is 31.6 Å². The second-order valence-corrected chi connectivity index (χ2v) is 10.5. The molecule has 0 aliphatic heterocycles. The van der Waals surface area contributed by atoms with Gasteiger partial charge in [0.1, 0.15) is 29.2 Å². The lowest BCUT2D eigenvalue weighted by molar-refractivity contribution is -0.120. The van der Waals surface area contributed by atoms with Crippen molar-refractivity contribution in [3.05, 3.63) is 71.5 Å². The molecule has 2 aliphatic carbocycles. The number of rotatable bonds is 8. The summed E-state index contributed by atoms with van der Waals surface area (Å²) in [5.74, 6) is -9.36. The summed E-state index contributed by atoms with van der Waals surface area (Å²) in [5.41, 5.74) is 3.66. The zero-order chi connectivity index (χ0) is 29.8. The van der Waals surface area contributed by atoms with Crippen LogP contribution in [0.5, 0.6) is 0 Å². The fourth-order valence-corrected chi connectivity index (χ4v) is 4.58. The molecule has 9 nitrogen and oxygen atoms in total. The molecule has 0 aromatic carbocycles. The average molecular weight is 581 g/mol. The van der Waals surface area contributed by atoms with Crippen LogP contribution in [0.15, 0.2) is 53.3 Å². The summed E-state index contributed by atoms with van der Waals surface area (Å²) in [5, 5.41) is 4.90. The number of aromatic nitrogens is 4. The van der Waals surface area contributed by atoms with E-state index in [4.69, 9.17) is 4.42 Å². The lowest BCUT2D eigenvalue weighted by atomic mass is 10.0. The van der Waals surface area contributed by atoms with Gasteiger partial charge >= 0.3 is 0 Å². The Labute approximate surface area is 236 Å². The van der Waals surface area contributed by atoms with Crippen molar-refractivity contribution in [2.75, 3.05) is 10.6 Å². The summed E-state index contributed by atoms with van der Waals surface area (Å²) in [6.07, 6.45) is 3.87. The van der Waals surface area contributed by atoms with Crippen LogP contribution in [0, 0.1) is 25.7 Å². The van der Waals surface area contributed by atoms with Crippen molar-refractivity contribution in [3.63, 3.8) is 0 Å². The lowest BCUT2D eigenvalue weighted by Crippen LogP contribution is -2.18. The number of carbonyl (C=O) groups is 2. The van der Waals surface area contributed by atoms with E-state index in [0.717, 1.165) is 0 Å². The maximum Gasteiger partial charge on any atom is 0.260 e. The van der Waals surface area contributed by atoms with Gasteiger partial charge in [0.05, 0.1) is 11.4 Å². The van der Waals surface area contributed by atoms with Gasteiger partial charge < -0.3 is 15.1 Å². The first-order valence-electron chi connectivity index (χ1n) is 13.1. The molecule has 216 valence electrons. The van der Waals surface area contributed by atoms with Crippen molar-refractivity contribution in [2.24, 2.45) is 11.8 Å². The number of nitrogens with zero attached hydrogens (tertiary/aromatic N) is 4. The van der Waals surface area contributed by atoms with Crippen LogP contribution in [0.4, 0.5) is 29.2 Å². The third-order valence-electron chi connectivity index (χ3n) is 7.29. The molecule has 4 heterocycles. The van der Waals surface area contributed by atoms with E-state index in [1.807, 2.05) is 0 Å². The number of amides is 2. The monoisotopic (exact) mass is 580 g/mol. The number of nitrogens with one attached hydrogen (secondary N) is 2. The normalized spacial score (nSPS) is 19.7. The second-order valence-electron chi connectivity index (χ2n) is 10.5. The van der Waals surface area contributed by atoms with Crippen molar-refractivity contribution in [1.82, 2.24) is 19.9 Å². The van der Waals surface area contributed by atoms with Crippen LogP contribution in [-0.2, 0) is 16.0 Å². The molecule has 4 aromatic rings. The standard InChI is InChI=1S/C29H24F4N6O3/c1-14-12-35-23(38-25(40)19-10-28(19,30)31)8-17(14)27-37-15(2)22(42-27)7-16-13-36-24(39-26(41)20-11-29(20,32)33)9-18(16)21-5-3-4-6-34-21/h3-6,8-9,12-13,19-20H,7,10-11H2,1-2H3,(H,35,38,40)(H,36,39,41)/t19?,20-/m0/s1. The van der Waals surface area contributed by atoms with Gasteiger partial charge in [-0.2, -0.15) is 0 Å². The molecule has 6 rings (SSSR count). The Morgan fingerprint density at radius 1 is 0.905 bits per heavy atom. The van der Waals surface area contributed by atoms with E-state index in [1.54, 1.807) is 44.3 Å². The zero-order valence-corrected chi connectivity index (χ0v) is 22.4. The number of pyridine rings is 3. The van der Waals surface area contributed by atoms with Crippen LogP contribution < -0.4 is 10.6 Å². The lowest BCUT2D eigenvalue weighted by Gasteiger charge is -2.11. The largest absolute Gasteiger partial charge is 0.441 e. The zero-order valence-electron chi connectivity index (χ0n) is 22.4. The van der Waals surface area contributed by atoms with Crippen molar-refractivity contribution in [3.8, 4) is 22.7 Å². The first kappa shape index (κ1) is 27.5. The molecule has 2 fully saturated rings. The predicted octanol–water partition coefficient (Wildman–Crippen LogP) is 5.59. The Balaban J connectivity index is 1.26. The molecule has 2 atom stereocenters. The Hall–Kier alpha value is -4.68. The number of aryl methyl sites for hydroxylation is 2. The average Bonchev–Trinajstić information content (AvgIpc) is 3.75. The number of carbonyl (C=O) groups excluding carboxylic acids is 2. The molecule has 0 saturated heterocycles. The fourth-order valence-electron chi connectivity index (χ4n) is 4.58. The maximum atomic E-state index is 13.4. The van der Waals surface area contributed by atoms with E-state index in [1.165, 1.54) is 18.5 Å². The van der Waals surface area contributed by atoms with Gasteiger partial charge in [0, 0.05) is 49.0 Å². The molecule has 1 unspecified atom stereocenters. The number of anilines is 2. The second kappa shape index (κ2) is 10.00. The van der Waals surface area contributed by atoms with Gasteiger partial charge in [-0.05, 0) is 49.2 Å². The predicted molar refractivity (Wildman–Crippen MR) is 143 cm³/mol. The topological polar surface area (TPSA) is 123 Å². The highest BCUT2D eigenvalue weighted by molar-refractivity contribution is 5.95. The number of alkyl halides is 4. The highest BCUT2D eigenvalue weighted by Crippen LogP contribution is 2.49. The Bertz CT molecular complexity index is 1710. The molecule has 4 aromatic heterocycles. The quantitative estimate of drug-likeness (QED) is 0.261. The number of oxazole rings is 1. The van der Waals surface area contributed by atoms with E-state index in [2.05, 4.69) is 30.6 Å². The van der Waals surface area contributed by atoms with E-state index < -0.39 is 48.3 Å². The molecule has 2 aliphatic rings. The highest BCUT2D eigenvalue weighted by atomic mass is 19.3. The molecule has 0 spiro atoms. The number of halogens is 4. The van der Waals surface area contributed by atoms with E-state index in [9.17, 15) is 27.2 Å². The van der Waals surface area contributed by atoms with Gasteiger partial charge in [-0.3, -0.25) is 14.6 Å². The van der Waals surface area contributed by atoms with Crippen LogP contribution in [-0.4, -0.2) is 43.6 Å². The van der Waals surface area contributed by atoms with Crippen LogP contribution >= 0.6 is 0 Å². The summed E-state index contributed by atoms with van der Waals surface area (Å²) in [7, 11) is 0. The van der Waals surface area contributed by atoms with Gasteiger partial charge in [0.15, 0.2) is 0 Å².